The molecule has 0 aliphatic carbocycles. The van der Waals surface area contributed by atoms with Crippen LogP contribution >= 0.6 is 0 Å². The van der Waals surface area contributed by atoms with Crippen LogP contribution in [-0.2, 0) is 0 Å². The lowest BCUT2D eigenvalue weighted by atomic mass is 9.92. The van der Waals surface area contributed by atoms with E-state index in [4.69, 9.17) is 19.9 Å². The summed E-state index contributed by atoms with van der Waals surface area (Å²) in [4.78, 5) is 22.3. The maximum Gasteiger partial charge on any atom is 0.168 e. The molecule has 0 aliphatic heterocycles. The zero-order valence-corrected chi connectivity index (χ0v) is 46.0. The number of para-hydroxylation sites is 8. The predicted molar refractivity (Wildman–Crippen MR) is 346 cm³/mol. The number of rotatable bonds is 8. The van der Waals surface area contributed by atoms with Crippen molar-refractivity contribution in [2.45, 2.75) is 13.8 Å². The van der Waals surface area contributed by atoms with Crippen molar-refractivity contribution in [3.05, 3.63) is 278 Å². The Morgan fingerprint density at radius 1 is 0.214 bits per heavy atom. The van der Waals surface area contributed by atoms with Crippen LogP contribution in [0.4, 0.5) is 0 Å². The van der Waals surface area contributed by atoms with Gasteiger partial charge >= 0.3 is 0 Å². The lowest BCUT2D eigenvalue weighted by Crippen LogP contribution is -2.17. The number of hydrogen-bond donors (Lipinski definition) is 0. The summed E-state index contributed by atoms with van der Waals surface area (Å²) in [5.74, 6) is 1.63. The molecule has 6 heterocycles. The van der Waals surface area contributed by atoms with E-state index in [9.17, 15) is 0 Å². The first-order valence-corrected chi connectivity index (χ1v) is 28.6. The molecule has 11 aromatic carbocycles. The Balaban J connectivity index is 1.27. The highest BCUT2D eigenvalue weighted by atomic mass is 15.1. The quantitative estimate of drug-likeness (QED) is 0.152. The highest BCUT2D eigenvalue weighted by Gasteiger charge is 2.37. The molecule has 17 aromatic rings. The van der Waals surface area contributed by atoms with Crippen LogP contribution in [0.1, 0.15) is 11.4 Å². The van der Waals surface area contributed by atoms with E-state index in [1.807, 2.05) is 12.1 Å². The molecule has 0 bridgehead atoms. The van der Waals surface area contributed by atoms with E-state index in [0.717, 1.165) is 149 Å². The number of aromatic nitrogens is 8. The van der Waals surface area contributed by atoms with Crippen LogP contribution in [0.5, 0.6) is 0 Å². The molecule has 84 heavy (non-hydrogen) atoms. The fourth-order valence-corrected chi connectivity index (χ4v) is 13.6. The van der Waals surface area contributed by atoms with Gasteiger partial charge in [-0.3, -0.25) is 4.98 Å². The largest absolute Gasteiger partial charge is 0.308 e. The minimum Gasteiger partial charge on any atom is -0.308 e. The summed E-state index contributed by atoms with van der Waals surface area (Å²) in [5.41, 5.74) is 18.4. The normalized spacial score (nSPS) is 11.9. The van der Waals surface area contributed by atoms with Gasteiger partial charge in [-0.2, -0.15) is 0 Å². The Kier molecular flexibility index (Phi) is 10.6. The van der Waals surface area contributed by atoms with E-state index in [0.29, 0.717) is 17.5 Å². The van der Waals surface area contributed by atoms with E-state index < -0.39 is 0 Å². The van der Waals surface area contributed by atoms with Gasteiger partial charge in [0.2, 0.25) is 0 Å². The van der Waals surface area contributed by atoms with Crippen molar-refractivity contribution in [3.63, 3.8) is 0 Å². The summed E-state index contributed by atoms with van der Waals surface area (Å²) in [6.07, 6.45) is 0. The summed E-state index contributed by atoms with van der Waals surface area (Å²) < 4.78 is 10.1. The maximum absolute atomic E-state index is 5.89. The Bertz CT molecular complexity index is 5240. The van der Waals surface area contributed by atoms with Gasteiger partial charge in [0.05, 0.1) is 72.4 Å². The van der Waals surface area contributed by atoms with Crippen LogP contribution < -0.4 is 0 Å². The molecule has 0 atom stereocenters. The third kappa shape index (κ3) is 7.07. The SMILES string of the molecule is Cc1cc(-c2c(-n3c4ccccc4c4ccccc43)c(-c3nc(-c4ccccc4)nc(-c4ccccc4)n3)c(-n3c4ccccc4c4ccccc43)c(-n3c4ccccc4c4ccccc43)c2-n2c3ccccc3c3ccccc32)cc(C)n1. The van der Waals surface area contributed by atoms with E-state index in [1.165, 1.54) is 0 Å². The van der Waals surface area contributed by atoms with Gasteiger partial charge < -0.3 is 18.3 Å². The molecule has 0 N–H and O–H groups in total. The molecule has 394 valence electrons. The fraction of sp³-hybridized carbons (Fsp3) is 0.0263. The van der Waals surface area contributed by atoms with Gasteiger partial charge in [0.1, 0.15) is 0 Å². The summed E-state index contributed by atoms with van der Waals surface area (Å²) in [5, 5.41) is 9.07. The van der Waals surface area contributed by atoms with Crippen LogP contribution in [0.2, 0.25) is 0 Å². The van der Waals surface area contributed by atoms with Crippen molar-refractivity contribution in [2.24, 2.45) is 0 Å². The topological polar surface area (TPSA) is 71.3 Å². The minimum absolute atomic E-state index is 0.510. The van der Waals surface area contributed by atoms with Crippen molar-refractivity contribution in [1.29, 1.82) is 0 Å². The molecule has 0 saturated heterocycles. The molecule has 0 unspecified atom stereocenters. The number of fused-ring (bicyclic) bond motifs is 12. The van der Waals surface area contributed by atoms with Gasteiger partial charge in [-0.15, -0.1) is 0 Å². The second kappa shape index (κ2) is 18.7. The Morgan fingerprint density at radius 2 is 0.464 bits per heavy atom. The lowest BCUT2D eigenvalue weighted by Gasteiger charge is -2.31. The summed E-state index contributed by atoms with van der Waals surface area (Å²) >= 11 is 0. The lowest BCUT2D eigenvalue weighted by molar-refractivity contribution is 1.02. The van der Waals surface area contributed by atoms with Crippen molar-refractivity contribution in [1.82, 2.24) is 38.2 Å². The minimum atomic E-state index is 0.510. The van der Waals surface area contributed by atoms with Crippen LogP contribution in [0.25, 0.3) is 155 Å². The predicted octanol–water partition coefficient (Wildman–Crippen LogP) is 18.9. The Morgan fingerprint density at radius 3 is 0.786 bits per heavy atom. The average molecular weight is 1080 g/mol. The number of nitrogens with zero attached hydrogens (tertiary/aromatic N) is 8. The number of aryl methyl sites for hydroxylation is 2. The summed E-state index contributed by atoms with van der Waals surface area (Å²) in [7, 11) is 0. The third-order valence-corrected chi connectivity index (χ3v) is 16.9. The van der Waals surface area contributed by atoms with Crippen molar-refractivity contribution < 1.29 is 0 Å². The van der Waals surface area contributed by atoms with Gasteiger partial charge in [0, 0.05) is 71.2 Å². The molecular weight excluding hydrogens is 1020 g/mol. The summed E-state index contributed by atoms with van der Waals surface area (Å²) in [6, 6.07) is 96.2. The van der Waals surface area contributed by atoms with Gasteiger partial charge in [-0.05, 0) is 80.1 Å². The van der Waals surface area contributed by atoms with E-state index in [2.05, 4.69) is 287 Å². The second-order valence-corrected chi connectivity index (χ2v) is 21.8. The first-order chi connectivity index (χ1) is 41.6. The molecule has 0 radical (unpaired) electrons. The van der Waals surface area contributed by atoms with Gasteiger partial charge in [-0.1, -0.05) is 206 Å². The van der Waals surface area contributed by atoms with Crippen LogP contribution in [0.3, 0.4) is 0 Å². The monoisotopic (exact) mass is 1070 g/mol. The van der Waals surface area contributed by atoms with Crippen LogP contribution in [-0.4, -0.2) is 38.2 Å². The average Bonchev–Trinajstić information content (AvgIpc) is 1.61. The van der Waals surface area contributed by atoms with Gasteiger partial charge in [0.15, 0.2) is 17.5 Å². The van der Waals surface area contributed by atoms with Crippen molar-refractivity contribution >= 4 is 87.2 Å². The van der Waals surface area contributed by atoms with E-state index in [-0.39, 0.29) is 0 Å². The first-order valence-electron chi connectivity index (χ1n) is 28.6. The van der Waals surface area contributed by atoms with Crippen LogP contribution in [0.15, 0.2) is 267 Å². The second-order valence-electron chi connectivity index (χ2n) is 21.8. The molecule has 6 aromatic heterocycles. The smallest absolute Gasteiger partial charge is 0.168 e. The number of hydrogen-bond acceptors (Lipinski definition) is 4. The maximum atomic E-state index is 5.89. The van der Waals surface area contributed by atoms with Crippen molar-refractivity contribution in [3.8, 4) is 68.0 Å². The molecule has 0 spiro atoms. The summed E-state index contributed by atoms with van der Waals surface area (Å²) in [6.45, 7) is 4.23. The molecule has 0 fully saturated rings. The van der Waals surface area contributed by atoms with Crippen LogP contribution in [0, 0.1) is 13.8 Å². The highest BCUT2D eigenvalue weighted by molar-refractivity contribution is 6.18. The molecule has 8 nitrogen and oxygen atoms in total. The molecule has 0 saturated carbocycles. The molecular formula is C76H50N8. The first kappa shape index (κ1) is 47.6. The molecule has 17 rings (SSSR count). The number of benzene rings is 11. The Hall–Kier alpha value is -11.2. The van der Waals surface area contributed by atoms with E-state index >= 15 is 0 Å². The van der Waals surface area contributed by atoms with Gasteiger partial charge in [0.25, 0.3) is 0 Å². The number of pyridine rings is 1. The van der Waals surface area contributed by atoms with Gasteiger partial charge in [-0.25, -0.2) is 15.0 Å². The molecule has 0 aliphatic rings. The zero-order valence-electron chi connectivity index (χ0n) is 46.0. The fourth-order valence-electron chi connectivity index (χ4n) is 13.6. The Labute approximate surface area is 483 Å². The third-order valence-electron chi connectivity index (χ3n) is 16.9. The van der Waals surface area contributed by atoms with E-state index in [1.54, 1.807) is 0 Å². The molecule has 8 heteroatoms. The molecule has 0 amide bonds. The van der Waals surface area contributed by atoms with Crippen molar-refractivity contribution in [2.75, 3.05) is 0 Å². The standard InChI is InChI=1S/C76H50N8/c1-47-45-51(46-48(2)77-47)68-70(81-60-37-17-9-29-52(60)53-30-10-18-38-61(53)81)69(76-79-74(49-25-5-3-6-26-49)78-75(80-76)50-27-7-4-8-28-50)72(83-64-41-21-13-33-56(64)57-34-14-22-42-65(57)83)73(84-66-43-23-15-35-58(66)59-36-16-24-44-67(59)84)71(68)82-62-39-19-11-31-54(62)55-32-12-20-40-63(55)82/h3-46H,1-2H3. The zero-order chi connectivity index (χ0) is 55.6. The highest BCUT2D eigenvalue weighted by Crippen LogP contribution is 2.54.